The van der Waals surface area contributed by atoms with E-state index in [2.05, 4.69) is 15.5 Å². The minimum atomic E-state index is -0.241. The molecule has 0 aliphatic rings. The zero-order chi connectivity index (χ0) is 23.0. The molecular formula is C26H23ClN4OS. The van der Waals surface area contributed by atoms with E-state index in [1.54, 1.807) is 0 Å². The molecule has 0 fully saturated rings. The first-order chi connectivity index (χ1) is 16.2. The highest BCUT2D eigenvalue weighted by Crippen LogP contribution is 2.27. The lowest BCUT2D eigenvalue weighted by Gasteiger charge is -2.11. The quantitative estimate of drug-likeness (QED) is 0.182. The van der Waals surface area contributed by atoms with E-state index in [0.717, 1.165) is 26.9 Å². The van der Waals surface area contributed by atoms with Gasteiger partial charge in [0.1, 0.15) is 0 Å². The number of carbonyl (C=O) groups excluding carboxylic acids is 1. The number of amides is 1. The van der Waals surface area contributed by atoms with E-state index in [-0.39, 0.29) is 5.91 Å². The Balaban J connectivity index is 1.57. The molecule has 4 aromatic rings. The van der Waals surface area contributed by atoms with Gasteiger partial charge in [-0.1, -0.05) is 102 Å². The van der Waals surface area contributed by atoms with Gasteiger partial charge < -0.3 is 0 Å². The number of halogens is 1. The second kappa shape index (κ2) is 11.0. The monoisotopic (exact) mass is 474 g/mol. The molecule has 1 N–H and O–H groups in total. The summed E-state index contributed by atoms with van der Waals surface area (Å²) in [6.07, 6.45) is 1.88. The van der Waals surface area contributed by atoms with Gasteiger partial charge in [0.05, 0.1) is 0 Å². The zero-order valence-corrected chi connectivity index (χ0v) is 19.7. The first kappa shape index (κ1) is 22.8. The Bertz CT molecular complexity index is 1260. The van der Waals surface area contributed by atoms with Crippen molar-refractivity contribution in [3.8, 4) is 0 Å². The predicted octanol–water partition coefficient (Wildman–Crippen LogP) is 6.42. The maximum absolute atomic E-state index is 13.3. The lowest BCUT2D eigenvalue weighted by Crippen LogP contribution is -2.17. The van der Waals surface area contributed by atoms with Gasteiger partial charge >= 0.3 is 0 Å². The number of thioether (sulfide) groups is 1. The number of hydrogen-bond donors (Lipinski definition) is 1. The number of anilines is 1. The Morgan fingerprint density at radius 1 is 0.970 bits per heavy atom. The molecule has 0 unspecified atom stereocenters. The molecule has 0 saturated heterocycles. The van der Waals surface area contributed by atoms with Gasteiger partial charge in [0.15, 0.2) is 5.16 Å². The third kappa shape index (κ3) is 5.72. The maximum atomic E-state index is 13.3. The molecule has 1 heterocycles. The molecule has 0 radical (unpaired) electrons. The van der Waals surface area contributed by atoms with Crippen molar-refractivity contribution in [1.82, 2.24) is 14.8 Å². The van der Waals surface area contributed by atoms with Gasteiger partial charge in [0, 0.05) is 22.9 Å². The molecule has 7 heteroatoms. The molecule has 1 amide bonds. The van der Waals surface area contributed by atoms with Gasteiger partial charge in [0.2, 0.25) is 5.95 Å². The van der Waals surface area contributed by atoms with E-state index in [9.17, 15) is 4.79 Å². The van der Waals surface area contributed by atoms with Crippen molar-refractivity contribution in [3.05, 3.63) is 107 Å². The highest BCUT2D eigenvalue weighted by Gasteiger charge is 2.18. The van der Waals surface area contributed by atoms with E-state index < -0.39 is 0 Å². The molecule has 3 aromatic carbocycles. The van der Waals surface area contributed by atoms with Crippen LogP contribution in [0.5, 0.6) is 0 Å². The summed E-state index contributed by atoms with van der Waals surface area (Å²) in [5, 5.41) is 12.9. The highest BCUT2D eigenvalue weighted by molar-refractivity contribution is 7.98. The van der Waals surface area contributed by atoms with Gasteiger partial charge in [-0.15, -0.1) is 10.2 Å². The van der Waals surface area contributed by atoms with Gasteiger partial charge in [-0.05, 0) is 35.8 Å². The van der Waals surface area contributed by atoms with E-state index in [1.165, 1.54) is 11.8 Å². The molecule has 0 saturated carbocycles. The Morgan fingerprint density at radius 3 is 2.33 bits per heavy atom. The van der Waals surface area contributed by atoms with Crippen molar-refractivity contribution in [2.45, 2.75) is 24.4 Å². The van der Waals surface area contributed by atoms with Crippen LogP contribution < -0.4 is 5.32 Å². The third-order valence-corrected chi connectivity index (χ3v) is 6.40. The molecule has 0 spiro atoms. The average Bonchev–Trinajstić information content (AvgIpc) is 3.24. The molecule has 0 bridgehead atoms. The number of aromatic nitrogens is 3. The van der Waals surface area contributed by atoms with Crippen molar-refractivity contribution in [2.24, 2.45) is 0 Å². The Hall–Kier alpha value is -3.35. The molecule has 166 valence electrons. The van der Waals surface area contributed by atoms with Crippen molar-refractivity contribution in [1.29, 1.82) is 0 Å². The Morgan fingerprint density at radius 2 is 1.64 bits per heavy atom. The summed E-state index contributed by atoms with van der Waals surface area (Å²) in [4.78, 5) is 13.3. The Kier molecular flexibility index (Phi) is 7.60. The van der Waals surface area contributed by atoms with E-state index in [4.69, 9.17) is 11.6 Å². The molecule has 0 aliphatic heterocycles. The van der Waals surface area contributed by atoms with Crippen LogP contribution in [0.2, 0.25) is 5.02 Å². The highest BCUT2D eigenvalue weighted by atomic mass is 35.5. The third-order valence-electron chi connectivity index (χ3n) is 5.01. The van der Waals surface area contributed by atoms with Crippen LogP contribution in [0.3, 0.4) is 0 Å². The van der Waals surface area contributed by atoms with Crippen LogP contribution in [-0.4, -0.2) is 20.7 Å². The molecule has 4 rings (SSSR count). The van der Waals surface area contributed by atoms with E-state index >= 15 is 0 Å². The summed E-state index contributed by atoms with van der Waals surface area (Å²) < 4.78 is 1.89. The average molecular weight is 475 g/mol. The van der Waals surface area contributed by atoms with Crippen LogP contribution in [0, 0.1) is 0 Å². The van der Waals surface area contributed by atoms with Gasteiger partial charge in [-0.25, -0.2) is 0 Å². The number of carbonyl (C=O) groups is 1. The van der Waals surface area contributed by atoms with E-state index in [0.29, 0.717) is 23.8 Å². The smallest absolute Gasteiger partial charge is 0.258 e. The number of rotatable bonds is 8. The first-order valence-electron chi connectivity index (χ1n) is 10.6. The van der Waals surface area contributed by atoms with Gasteiger partial charge in [0.25, 0.3) is 5.91 Å². The SMILES string of the molecule is CCn1c(NC(=O)/C(=C\c2ccccc2)c2ccccc2)nnc1SCc1ccccc1Cl. The summed E-state index contributed by atoms with van der Waals surface area (Å²) in [6, 6.07) is 27.1. The number of nitrogens with one attached hydrogen (secondary N) is 1. The lowest BCUT2D eigenvalue weighted by atomic mass is 10.0. The van der Waals surface area contributed by atoms with Crippen LogP contribution in [0.15, 0.2) is 90.1 Å². The largest absolute Gasteiger partial charge is 0.290 e. The van der Waals surface area contributed by atoms with Crippen LogP contribution in [-0.2, 0) is 17.1 Å². The lowest BCUT2D eigenvalue weighted by molar-refractivity contribution is -0.111. The van der Waals surface area contributed by atoms with Crippen molar-refractivity contribution in [2.75, 3.05) is 5.32 Å². The standard InChI is InChI=1S/C26H23ClN4OS/c1-2-31-25(29-30-26(31)33-18-21-15-9-10-16-23(21)27)28-24(32)22(20-13-7-4-8-14-20)17-19-11-5-3-6-12-19/h3-17H,2,18H2,1H3,(H,28,29,32)/b22-17-. The van der Waals surface area contributed by atoms with Crippen LogP contribution >= 0.6 is 23.4 Å². The summed E-state index contributed by atoms with van der Waals surface area (Å²) >= 11 is 7.81. The minimum Gasteiger partial charge on any atom is -0.290 e. The maximum Gasteiger partial charge on any atom is 0.258 e. The molecule has 5 nitrogen and oxygen atoms in total. The number of hydrogen-bond acceptors (Lipinski definition) is 4. The van der Waals surface area contributed by atoms with Gasteiger partial charge in [-0.2, -0.15) is 0 Å². The first-order valence-corrected chi connectivity index (χ1v) is 11.9. The summed E-state index contributed by atoms with van der Waals surface area (Å²) in [6.45, 7) is 2.62. The van der Waals surface area contributed by atoms with Gasteiger partial charge in [-0.3, -0.25) is 14.7 Å². The fourth-order valence-electron chi connectivity index (χ4n) is 3.31. The van der Waals surface area contributed by atoms with Crippen LogP contribution in [0.4, 0.5) is 5.95 Å². The second-order valence-electron chi connectivity index (χ2n) is 7.22. The fraction of sp³-hybridized carbons (Fsp3) is 0.115. The summed E-state index contributed by atoms with van der Waals surface area (Å²) in [7, 11) is 0. The normalized spacial score (nSPS) is 11.4. The molecule has 1 aromatic heterocycles. The molecule has 0 atom stereocenters. The minimum absolute atomic E-state index is 0.241. The van der Waals surface area contributed by atoms with Crippen molar-refractivity contribution in [3.63, 3.8) is 0 Å². The number of benzene rings is 3. The summed E-state index contributed by atoms with van der Waals surface area (Å²) in [5.41, 5.74) is 3.35. The molecule has 33 heavy (non-hydrogen) atoms. The predicted molar refractivity (Wildman–Crippen MR) is 136 cm³/mol. The zero-order valence-electron chi connectivity index (χ0n) is 18.1. The van der Waals surface area contributed by atoms with Crippen molar-refractivity contribution < 1.29 is 4.79 Å². The summed E-state index contributed by atoms with van der Waals surface area (Å²) in [5.74, 6) is 0.837. The second-order valence-corrected chi connectivity index (χ2v) is 8.57. The van der Waals surface area contributed by atoms with E-state index in [1.807, 2.05) is 102 Å². The van der Waals surface area contributed by atoms with Crippen LogP contribution in [0.1, 0.15) is 23.6 Å². The number of nitrogens with zero attached hydrogens (tertiary/aromatic N) is 3. The van der Waals surface area contributed by atoms with Crippen LogP contribution in [0.25, 0.3) is 11.6 Å². The Labute approximate surface area is 202 Å². The topological polar surface area (TPSA) is 59.8 Å². The molecular weight excluding hydrogens is 452 g/mol. The molecule has 0 aliphatic carbocycles. The fourth-order valence-corrected chi connectivity index (χ4v) is 4.60. The van der Waals surface area contributed by atoms with Crippen molar-refractivity contribution >= 4 is 46.9 Å².